The Morgan fingerprint density at radius 3 is 2.60 bits per heavy atom. The maximum absolute atomic E-state index is 13.6. The number of Topliss-reactive ketones (excluding diaryl/α,β-unsaturated/α-hetero) is 1. The zero-order valence-electron chi connectivity index (χ0n) is 12.2. The van der Waals surface area contributed by atoms with E-state index in [1.54, 1.807) is 0 Å². The molecule has 0 N–H and O–H groups in total. The predicted molar refractivity (Wildman–Crippen MR) is 74.7 cm³/mol. The molecule has 1 saturated heterocycles. The van der Waals surface area contributed by atoms with Gasteiger partial charge in [0.1, 0.15) is 11.6 Å². The minimum atomic E-state index is -0.776. The number of halogens is 2. The molecule has 4 heteroatoms. The normalized spacial score (nSPS) is 20.4. The summed E-state index contributed by atoms with van der Waals surface area (Å²) in [6.45, 7) is 8.51. The van der Waals surface area contributed by atoms with Gasteiger partial charge in [0.05, 0.1) is 12.1 Å². The Bertz CT molecular complexity index is 508. The second kappa shape index (κ2) is 5.60. The Morgan fingerprint density at radius 1 is 1.35 bits per heavy atom. The van der Waals surface area contributed by atoms with E-state index in [0.29, 0.717) is 5.92 Å². The second-order valence-corrected chi connectivity index (χ2v) is 6.63. The summed E-state index contributed by atoms with van der Waals surface area (Å²) in [6.07, 6.45) is 1.06. The van der Waals surface area contributed by atoms with Crippen LogP contribution in [0, 0.1) is 23.0 Å². The van der Waals surface area contributed by atoms with Gasteiger partial charge in [-0.25, -0.2) is 8.78 Å². The van der Waals surface area contributed by atoms with Gasteiger partial charge in [0.25, 0.3) is 0 Å². The van der Waals surface area contributed by atoms with E-state index in [-0.39, 0.29) is 23.3 Å². The molecule has 1 aliphatic heterocycles. The van der Waals surface area contributed by atoms with Gasteiger partial charge in [-0.05, 0) is 36.4 Å². The number of ketones is 1. The molecule has 1 aromatic carbocycles. The zero-order chi connectivity index (χ0) is 14.9. The molecule has 1 aliphatic rings. The maximum atomic E-state index is 13.6. The highest BCUT2D eigenvalue weighted by Gasteiger charge is 2.32. The number of benzene rings is 1. The summed E-state index contributed by atoms with van der Waals surface area (Å²) >= 11 is 0. The predicted octanol–water partition coefficient (Wildman–Crippen LogP) is 3.52. The molecule has 0 saturated carbocycles. The van der Waals surface area contributed by atoms with Crippen molar-refractivity contribution in [1.82, 2.24) is 4.90 Å². The van der Waals surface area contributed by atoms with Crippen molar-refractivity contribution in [3.05, 3.63) is 35.4 Å². The topological polar surface area (TPSA) is 20.3 Å². The van der Waals surface area contributed by atoms with E-state index in [4.69, 9.17) is 0 Å². The van der Waals surface area contributed by atoms with Crippen molar-refractivity contribution in [1.29, 1.82) is 0 Å². The molecule has 1 atom stereocenters. The van der Waals surface area contributed by atoms with Crippen molar-refractivity contribution in [3.8, 4) is 0 Å². The molecule has 1 fully saturated rings. The highest BCUT2D eigenvalue weighted by atomic mass is 19.1. The van der Waals surface area contributed by atoms with Crippen LogP contribution in [0.2, 0.25) is 0 Å². The summed E-state index contributed by atoms with van der Waals surface area (Å²) in [5.74, 6) is -1.17. The van der Waals surface area contributed by atoms with Gasteiger partial charge in [-0.15, -0.1) is 0 Å². The van der Waals surface area contributed by atoms with Crippen LogP contribution < -0.4 is 0 Å². The number of nitrogens with zero attached hydrogens (tertiary/aromatic N) is 1. The van der Waals surface area contributed by atoms with E-state index in [1.807, 2.05) is 0 Å². The van der Waals surface area contributed by atoms with E-state index < -0.39 is 11.6 Å². The third kappa shape index (κ3) is 3.42. The van der Waals surface area contributed by atoms with Crippen molar-refractivity contribution in [2.75, 3.05) is 19.6 Å². The quantitative estimate of drug-likeness (QED) is 0.790. The molecule has 1 heterocycles. The highest BCUT2D eigenvalue weighted by molar-refractivity contribution is 5.97. The fourth-order valence-electron chi connectivity index (χ4n) is 2.69. The number of carbonyl (C=O) groups is 1. The molecular formula is C16H21F2NO. The van der Waals surface area contributed by atoms with Crippen molar-refractivity contribution in [3.63, 3.8) is 0 Å². The number of likely N-dealkylation sites (tertiary alicyclic amines) is 1. The van der Waals surface area contributed by atoms with Crippen molar-refractivity contribution >= 4 is 5.78 Å². The summed E-state index contributed by atoms with van der Waals surface area (Å²) < 4.78 is 26.4. The number of hydrogen-bond donors (Lipinski definition) is 0. The van der Waals surface area contributed by atoms with Crippen LogP contribution in [0.3, 0.4) is 0 Å². The Labute approximate surface area is 118 Å². The van der Waals surface area contributed by atoms with Crippen LogP contribution in [-0.2, 0) is 0 Å². The fraction of sp³-hybridized carbons (Fsp3) is 0.562. The van der Waals surface area contributed by atoms with Gasteiger partial charge in [-0.1, -0.05) is 20.8 Å². The molecule has 0 radical (unpaired) electrons. The monoisotopic (exact) mass is 281 g/mol. The molecule has 110 valence electrons. The lowest BCUT2D eigenvalue weighted by atomic mass is 9.80. The molecule has 0 spiro atoms. The molecule has 2 rings (SSSR count). The standard InChI is InChI=1S/C16H21F2NO/c1-16(2,3)11-6-7-19(9-11)10-15(20)13-5-4-12(17)8-14(13)18/h4-5,8,11H,6-7,9-10H2,1-3H3. The van der Waals surface area contributed by atoms with Crippen molar-refractivity contribution in [2.24, 2.45) is 11.3 Å². The minimum absolute atomic E-state index is 0.0226. The van der Waals surface area contributed by atoms with Crippen LogP contribution in [-0.4, -0.2) is 30.3 Å². The summed E-state index contributed by atoms with van der Waals surface area (Å²) in [6, 6.07) is 3.11. The summed E-state index contributed by atoms with van der Waals surface area (Å²) in [5.41, 5.74) is 0.199. The lowest BCUT2D eigenvalue weighted by Crippen LogP contribution is -2.30. The molecule has 1 unspecified atom stereocenters. The van der Waals surface area contributed by atoms with Crippen molar-refractivity contribution in [2.45, 2.75) is 27.2 Å². The molecular weight excluding hydrogens is 260 g/mol. The van der Waals surface area contributed by atoms with Gasteiger partial charge in [-0.2, -0.15) is 0 Å². The van der Waals surface area contributed by atoms with Gasteiger partial charge in [0.15, 0.2) is 5.78 Å². The molecule has 20 heavy (non-hydrogen) atoms. The second-order valence-electron chi connectivity index (χ2n) is 6.63. The molecule has 0 aromatic heterocycles. The van der Waals surface area contributed by atoms with E-state index in [9.17, 15) is 13.6 Å². The minimum Gasteiger partial charge on any atom is -0.295 e. The summed E-state index contributed by atoms with van der Waals surface area (Å²) in [5, 5.41) is 0. The van der Waals surface area contributed by atoms with Crippen LogP contribution in [0.1, 0.15) is 37.6 Å². The molecule has 2 nitrogen and oxygen atoms in total. The molecule has 0 aliphatic carbocycles. The third-order valence-corrected chi connectivity index (χ3v) is 4.10. The molecule has 0 amide bonds. The lowest BCUT2D eigenvalue weighted by molar-refractivity contribution is 0.0934. The Balaban J connectivity index is 1.99. The average Bonchev–Trinajstić information content (AvgIpc) is 2.76. The Kier molecular flexibility index (Phi) is 4.23. The fourth-order valence-corrected chi connectivity index (χ4v) is 2.69. The van der Waals surface area contributed by atoms with E-state index in [2.05, 4.69) is 25.7 Å². The van der Waals surface area contributed by atoms with Crippen LogP contribution in [0.5, 0.6) is 0 Å². The highest BCUT2D eigenvalue weighted by Crippen LogP contribution is 2.33. The Hall–Kier alpha value is -1.29. The van der Waals surface area contributed by atoms with Gasteiger partial charge >= 0.3 is 0 Å². The molecule has 1 aromatic rings. The number of rotatable bonds is 3. The van der Waals surface area contributed by atoms with E-state index in [0.717, 1.165) is 31.6 Å². The average molecular weight is 281 g/mol. The third-order valence-electron chi connectivity index (χ3n) is 4.10. The largest absolute Gasteiger partial charge is 0.295 e. The lowest BCUT2D eigenvalue weighted by Gasteiger charge is -2.27. The summed E-state index contributed by atoms with van der Waals surface area (Å²) in [4.78, 5) is 14.1. The first-order chi connectivity index (χ1) is 9.27. The first-order valence-corrected chi connectivity index (χ1v) is 6.98. The number of hydrogen-bond acceptors (Lipinski definition) is 2. The first-order valence-electron chi connectivity index (χ1n) is 6.98. The Morgan fingerprint density at radius 2 is 2.05 bits per heavy atom. The van der Waals surface area contributed by atoms with Gasteiger partial charge in [0, 0.05) is 12.6 Å². The van der Waals surface area contributed by atoms with Crippen LogP contribution in [0.15, 0.2) is 18.2 Å². The van der Waals surface area contributed by atoms with Crippen LogP contribution in [0.25, 0.3) is 0 Å². The molecule has 0 bridgehead atoms. The van der Waals surface area contributed by atoms with Gasteiger partial charge < -0.3 is 0 Å². The maximum Gasteiger partial charge on any atom is 0.179 e. The van der Waals surface area contributed by atoms with E-state index >= 15 is 0 Å². The number of carbonyl (C=O) groups excluding carboxylic acids is 1. The van der Waals surface area contributed by atoms with Crippen LogP contribution >= 0.6 is 0 Å². The van der Waals surface area contributed by atoms with Gasteiger partial charge in [0.2, 0.25) is 0 Å². The van der Waals surface area contributed by atoms with Crippen molar-refractivity contribution < 1.29 is 13.6 Å². The zero-order valence-corrected chi connectivity index (χ0v) is 12.2. The SMILES string of the molecule is CC(C)(C)C1CCN(CC(=O)c2ccc(F)cc2F)C1. The smallest absolute Gasteiger partial charge is 0.179 e. The van der Waals surface area contributed by atoms with E-state index in [1.165, 1.54) is 6.07 Å². The van der Waals surface area contributed by atoms with Gasteiger partial charge in [-0.3, -0.25) is 9.69 Å². The van der Waals surface area contributed by atoms with Crippen LogP contribution in [0.4, 0.5) is 8.78 Å². The summed E-state index contributed by atoms with van der Waals surface area (Å²) in [7, 11) is 0. The first kappa shape index (κ1) is 15.1.